The van der Waals surface area contributed by atoms with Gasteiger partial charge in [0, 0.05) is 24.5 Å². The summed E-state index contributed by atoms with van der Waals surface area (Å²) in [7, 11) is 0. The van der Waals surface area contributed by atoms with Crippen LogP contribution in [0.3, 0.4) is 0 Å². The number of carbonyl (C=O) groups excluding carboxylic acids is 1. The molecule has 0 aliphatic rings. The van der Waals surface area contributed by atoms with Crippen molar-refractivity contribution in [3.05, 3.63) is 30.1 Å². The molecule has 1 rings (SSSR count). The fraction of sp³-hybridized carbons (Fsp3) is 0.300. The Kier molecular flexibility index (Phi) is 7.24. The second-order valence-electron chi connectivity index (χ2n) is 3.18. The van der Waals surface area contributed by atoms with Crippen LogP contribution in [0.5, 0.6) is 0 Å². The predicted octanol–water partition coefficient (Wildman–Crippen LogP) is -0.649. The average Bonchev–Trinajstić information content (AvgIpc) is 2.38. The first-order chi connectivity index (χ1) is 8.02. The van der Waals surface area contributed by atoms with Crippen LogP contribution in [-0.4, -0.2) is 28.5 Å². The fourth-order valence-electron chi connectivity index (χ4n) is 0.687. The van der Waals surface area contributed by atoms with Crippen LogP contribution < -0.4 is 17.0 Å². The molecule has 1 atom stereocenters. The van der Waals surface area contributed by atoms with Gasteiger partial charge in [0.2, 0.25) is 0 Å². The first-order valence-corrected chi connectivity index (χ1v) is 4.86. The summed E-state index contributed by atoms with van der Waals surface area (Å²) in [6.07, 6.45) is 3.06. The van der Waals surface area contributed by atoms with E-state index in [-0.39, 0.29) is 12.5 Å². The highest BCUT2D eigenvalue weighted by atomic mass is 16.4. The number of carboxylic acid groups (broad SMARTS) is 1. The van der Waals surface area contributed by atoms with Gasteiger partial charge in [0.1, 0.15) is 0 Å². The lowest BCUT2D eigenvalue weighted by Crippen LogP contribution is -2.29. The van der Waals surface area contributed by atoms with Gasteiger partial charge in [-0.2, -0.15) is 0 Å². The van der Waals surface area contributed by atoms with Gasteiger partial charge in [-0.3, -0.25) is 20.0 Å². The van der Waals surface area contributed by atoms with Crippen LogP contribution in [0, 0.1) is 5.92 Å². The largest absolute Gasteiger partial charge is 0.481 e. The number of hydrogen-bond donors (Lipinski definition) is 4. The van der Waals surface area contributed by atoms with Gasteiger partial charge in [-0.15, -0.1) is 0 Å². The molecule has 7 heteroatoms. The summed E-state index contributed by atoms with van der Waals surface area (Å²) in [6.45, 7) is 1.79. The highest BCUT2D eigenvalue weighted by molar-refractivity contribution is 5.93. The third-order valence-corrected chi connectivity index (χ3v) is 1.85. The van der Waals surface area contributed by atoms with Crippen molar-refractivity contribution in [3.63, 3.8) is 0 Å². The van der Waals surface area contributed by atoms with E-state index in [1.54, 1.807) is 19.1 Å². The zero-order valence-corrected chi connectivity index (χ0v) is 9.46. The lowest BCUT2D eigenvalue weighted by atomic mass is 10.2. The van der Waals surface area contributed by atoms with Crippen molar-refractivity contribution in [2.45, 2.75) is 6.92 Å². The molecule has 7 nitrogen and oxygen atoms in total. The lowest BCUT2D eigenvalue weighted by Gasteiger charge is -1.96. The van der Waals surface area contributed by atoms with Crippen LogP contribution in [0.25, 0.3) is 0 Å². The van der Waals surface area contributed by atoms with Crippen molar-refractivity contribution in [1.82, 2.24) is 10.4 Å². The molecule has 0 aromatic carbocycles. The number of aromatic nitrogens is 1. The minimum absolute atomic E-state index is 0.218. The van der Waals surface area contributed by atoms with E-state index in [4.69, 9.17) is 16.7 Å². The minimum Gasteiger partial charge on any atom is -0.481 e. The Morgan fingerprint density at radius 1 is 1.47 bits per heavy atom. The SMILES string of the molecule is C[C@@H](CN)C(=O)O.NNC(=O)c1ccncc1. The molecule has 0 radical (unpaired) electrons. The zero-order valence-electron chi connectivity index (χ0n) is 9.46. The molecule has 1 aromatic rings. The van der Waals surface area contributed by atoms with E-state index in [9.17, 15) is 9.59 Å². The number of nitrogens with zero attached hydrogens (tertiary/aromatic N) is 1. The van der Waals surface area contributed by atoms with Crippen LogP contribution in [-0.2, 0) is 4.79 Å². The van der Waals surface area contributed by atoms with Gasteiger partial charge in [-0.25, -0.2) is 5.84 Å². The molecule has 0 saturated heterocycles. The standard InChI is InChI=1S/C6H7N3O.C4H9NO2/c7-9-6(10)5-1-3-8-4-2-5;1-3(2-5)4(6)7/h1-4H,7H2,(H,9,10);3H,2,5H2,1H3,(H,6,7)/t;3-/m.0/s1. The average molecular weight is 240 g/mol. The topological polar surface area (TPSA) is 131 Å². The molecule has 1 amide bonds. The number of hydrogen-bond acceptors (Lipinski definition) is 5. The van der Waals surface area contributed by atoms with Gasteiger partial charge in [-0.05, 0) is 12.1 Å². The third-order valence-electron chi connectivity index (χ3n) is 1.85. The number of hydrazine groups is 1. The van der Waals surface area contributed by atoms with Crippen LogP contribution >= 0.6 is 0 Å². The van der Waals surface area contributed by atoms with Crippen molar-refractivity contribution in [2.75, 3.05) is 6.54 Å². The zero-order chi connectivity index (χ0) is 13.3. The molecule has 0 unspecified atom stereocenters. The maximum absolute atomic E-state index is 10.7. The number of nitrogens with two attached hydrogens (primary N) is 2. The molecule has 1 aromatic heterocycles. The number of nitrogen functional groups attached to an aromatic ring is 1. The highest BCUT2D eigenvalue weighted by Gasteiger charge is 2.05. The van der Waals surface area contributed by atoms with Crippen molar-refractivity contribution in [1.29, 1.82) is 0 Å². The molecule has 17 heavy (non-hydrogen) atoms. The monoisotopic (exact) mass is 240 g/mol. The van der Waals surface area contributed by atoms with Crippen molar-refractivity contribution in [2.24, 2.45) is 17.5 Å². The van der Waals surface area contributed by atoms with E-state index in [0.29, 0.717) is 5.56 Å². The molecule has 1 heterocycles. The fourth-order valence-corrected chi connectivity index (χ4v) is 0.687. The Morgan fingerprint density at radius 3 is 2.29 bits per heavy atom. The number of carboxylic acids is 1. The summed E-state index contributed by atoms with van der Waals surface area (Å²) < 4.78 is 0. The molecule has 0 aliphatic heterocycles. The van der Waals surface area contributed by atoms with Crippen molar-refractivity contribution >= 4 is 11.9 Å². The Bertz CT molecular complexity index is 356. The van der Waals surface area contributed by atoms with Gasteiger partial charge in [0.05, 0.1) is 5.92 Å². The Morgan fingerprint density at radius 2 is 2.00 bits per heavy atom. The first-order valence-electron chi connectivity index (χ1n) is 4.86. The summed E-state index contributed by atoms with van der Waals surface area (Å²) >= 11 is 0. The first kappa shape index (κ1) is 15.0. The summed E-state index contributed by atoms with van der Waals surface area (Å²) in [5.41, 5.74) is 7.52. The minimum atomic E-state index is -0.831. The van der Waals surface area contributed by atoms with Gasteiger partial charge in [0.25, 0.3) is 5.91 Å². The molecular weight excluding hydrogens is 224 g/mol. The Hall–Kier alpha value is -1.99. The number of aliphatic carboxylic acids is 1. The van der Waals surface area contributed by atoms with E-state index < -0.39 is 11.9 Å². The van der Waals surface area contributed by atoms with Crippen molar-refractivity contribution < 1.29 is 14.7 Å². The molecule has 0 aliphatic carbocycles. The van der Waals surface area contributed by atoms with Crippen LogP contribution in [0.4, 0.5) is 0 Å². The quantitative estimate of drug-likeness (QED) is 0.315. The van der Waals surface area contributed by atoms with Crippen molar-refractivity contribution in [3.8, 4) is 0 Å². The molecular formula is C10H16N4O3. The maximum Gasteiger partial charge on any atom is 0.307 e. The lowest BCUT2D eigenvalue weighted by molar-refractivity contribution is -0.140. The predicted molar refractivity (Wildman–Crippen MR) is 61.7 cm³/mol. The van der Waals surface area contributed by atoms with E-state index in [1.807, 2.05) is 5.43 Å². The molecule has 0 fully saturated rings. The Labute approximate surface area is 98.8 Å². The smallest absolute Gasteiger partial charge is 0.307 e. The Balaban J connectivity index is 0.000000325. The summed E-state index contributed by atoms with van der Waals surface area (Å²) in [5, 5.41) is 8.10. The summed E-state index contributed by atoms with van der Waals surface area (Å²) in [5.74, 6) is 3.35. The molecule has 94 valence electrons. The third kappa shape index (κ3) is 6.23. The van der Waals surface area contributed by atoms with E-state index >= 15 is 0 Å². The second-order valence-corrected chi connectivity index (χ2v) is 3.18. The van der Waals surface area contributed by atoms with E-state index in [0.717, 1.165) is 0 Å². The number of amides is 1. The van der Waals surface area contributed by atoms with Gasteiger partial charge >= 0.3 is 5.97 Å². The van der Waals surface area contributed by atoms with Gasteiger partial charge < -0.3 is 10.8 Å². The molecule has 0 spiro atoms. The summed E-state index contributed by atoms with van der Waals surface area (Å²) in [6, 6.07) is 3.17. The number of nitrogens with one attached hydrogen (secondary N) is 1. The number of pyridine rings is 1. The summed E-state index contributed by atoms with van der Waals surface area (Å²) in [4.78, 5) is 24.3. The van der Waals surface area contributed by atoms with Gasteiger partial charge in [0.15, 0.2) is 0 Å². The number of carbonyl (C=O) groups is 2. The molecule has 0 bridgehead atoms. The molecule has 6 N–H and O–H groups in total. The van der Waals surface area contributed by atoms with Crippen LogP contribution in [0.15, 0.2) is 24.5 Å². The maximum atomic E-state index is 10.7. The number of rotatable bonds is 3. The van der Waals surface area contributed by atoms with Gasteiger partial charge in [-0.1, -0.05) is 6.92 Å². The van der Waals surface area contributed by atoms with E-state index in [2.05, 4.69) is 4.98 Å². The molecule has 0 saturated carbocycles. The van der Waals surface area contributed by atoms with Crippen LogP contribution in [0.1, 0.15) is 17.3 Å². The van der Waals surface area contributed by atoms with Crippen LogP contribution in [0.2, 0.25) is 0 Å². The van der Waals surface area contributed by atoms with E-state index in [1.165, 1.54) is 12.4 Å². The highest BCUT2D eigenvalue weighted by Crippen LogP contribution is 1.93. The normalized spacial score (nSPS) is 10.8. The second kappa shape index (κ2) is 8.20.